The summed E-state index contributed by atoms with van der Waals surface area (Å²) in [7, 11) is 0. The molecular formula is C17H33BrO2. The van der Waals surface area contributed by atoms with Crippen LogP contribution >= 0.6 is 15.9 Å². The van der Waals surface area contributed by atoms with E-state index in [1.54, 1.807) is 0 Å². The molecule has 2 nitrogen and oxygen atoms in total. The molecule has 0 heterocycles. The number of unbranched alkanes of at least 4 members (excludes halogenated alkanes) is 12. The van der Waals surface area contributed by atoms with Crippen LogP contribution < -0.4 is 0 Å². The van der Waals surface area contributed by atoms with Gasteiger partial charge in [0.15, 0.2) is 0 Å². The first-order valence-corrected chi connectivity index (χ1v) is 9.65. The van der Waals surface area contributed by atoms with E-state index in [0.29, 0.717) is 11.9 Å². The molecule has 0 bridgehead atoms. The Kier molecular flexibility index (Phi) is 17.0. The van der Waals surface area contributed by atoms with Crippen LogP contribution in [0.2, 0.25) is 0 Å². The molecule has 0 amide bonds. The summed E-state index contributed by atoms with van der Waals surface area (Å²) in [5, 5.41) is 0. The zero-order valence-electron chi connectivity index (χ0n) is 13.3. The van der Waals surface area contributed by atoms with Crippen molar-refractivity contribution in [3.8, 4) is 0 Å². The third-order valence-electron chi connectivity index (χ3n) is 3.70. The van der Waals surface area contributed by atoms with E-state index < -0.39 is 0 Å². The van der Waals surface area contributed by atoms with Gasteiger partial charge in [-0.05, 0) is 22.4 Å². The van der Waals surface area contributed by atoms with E-state index >= 15 is 0 Å². The van der Waals surface area contributed by atoms with E-state index in [4.69, 9.17) is 4.74 Å². The summed E-state index contributed by atoms with van der Waals surface area (Å²) in [5.74, 6) is -0.0788. The molecule has 0 saturated heterocycles. The molecule has 120 valence electrons. The van der Waals surface area contributed by atoms with Gasteiger partial charge in [0.2, 0.25) is 0 Å². The summed E-state index contributed by atoms with van der Waals surface area (Å²) < 4.78 is 4.83. The van der Waals surface area contributed by atoms with Crippen molar-refractivity contribution in [2.75, 3.05) is 5.52 Å². The first kappa shape index (κ1) is 19.9. The van der Waals surface area contributed by atoms with E-state index in [2.05, 4.69) is 22.9 Å². The van der Waals surface area contributed by atoms with Gasteiger partial charge in [-0.2, -0.15) is 0 Å². The van der Waals surface area contributed by atoms with Crippen molar-refractivity contribution >= 4 is 21.9 Å². The van der Waals surface area contributed by atoms with Crippen molar-refractivity contribution in [3.63, 3.8) is 0 Å². The van der Waals surface area contributed by atoms with Gasteiger partial charge in [0, 0.05) is 6.42 Å². The molecule has 0 atom stereocenters. The maximum atomic E-state index is 11.1. The molecule has 0 aromatic heterocycles. The lowest BCUT2D eigenvalue weighted by atomic mass is 10.0. The average Bonchev–Trinajstić information content (AvgIpc) is 2.44. The Morgan fingerprint density at radius 2 is 1.15 bits per heavy atom. The Morgan fingerprint density at radius 1 is 0.750 bits per heavy atom. The molecule has 0 spiro atoms. The van der Waals surface area contributed by atoms with Crippen molar-refractivity contribution in [1.29, 1.82) is 0 Å². The van der Waals surface area contributed by atoms with Crippen molar-refractivity contribution in [2.45, 2.75) is 96.8 Å². The lowest BCUT2D eigenvalue weighted by Gasteiger charge is -2.03. The number of carbonyl (C=O) groups excluding carboxylic acids is 1. The molecular weight excluding hydrogens is 316 g/mol. The van der Waals surface area contributed by atoms with Crippen LogP contribution in [0.4, 0.5) is 0 Å². The number of ether oxygens (including phenoxy) is 1. The normalized spacial score (nSPS) is 10.7. The Hall–Kier alpha value is -0.0500. The van der Waals surface area contributed by atoms with Gasteiger partial charge in [0.1, 0.15) is 5.52 Å². The summed E-state index contributed by atoms with van der Waals surface area (Å²) in [6.07, 6.45) is 17.9. The fourth-order valence-electron chi connectivity index (χ4n) is 2.42. The van der Waals surface area contributed by atoms with Gasteiger partial charge in [0.25, 0.3) is 0 Å². The van der Waals surface area contributed by atoms with Gasteiger partial charge in [-0.3, -0.25) is 4.79 Å². The smallest absolute Gasteiger partial charge is 0.306 e. The monoisotopic (exact) mass is 348 g/mol. The second-order valence-electron chi connectivity index (χ2n) is 5.62. The zero-order valence-corrected chi connectivity index (χ0v) is 14.9. The number of hydrogen-bond acceptors (Lipinski definition) is 2. The van der Waals surface area contributed by atoms with Crippen molar-refractivity contribution in [3.05, 3.63) is 0 Å². The fourth-order valence-corrected chi connectivity index (χ4v) is 2.68. The molecule has 0 aromatic rings. The maximum absolute atomic E-state index is 11.1. The van der Waals surface area contributed by atoms with Crippen LogP contribution in [0.3, 0.4) is 0 Å². The summed E-state index contributed by atoms with van der Waals surface area (Å²) >= 11 is 3.09. The minimum atomic E-state index is -0.0788. The maximum Gasteiger partial charge on any atom is 0.306 e. The molecule has 0 radical (unpaired) electrons. The van der Waals surface area contributed by atoms with E-state index in [9.17, 15) is 4.79 Å². The van der Waals surface area contributed by atoms with Crippen LogP contribution in [0.25, 0.3) is 0 Å². The standard InChI is InChI=1S/C17H33BrO2/c1-2-3-4-5-6-7-8-9-10-11-12-13-14-15-17(19)20-16-18/h2-16H2,1H3. The van der Waals surface area contributed by atoms with E-state index in [0.717, 1.165) is 12.8 Å². The van der Waals surface area contributed by atoms with Crippen molar-refractivity contribution in [2.24, 2.45) is 0 Å². The van der Waals surface area contributed by atoms with Gasteiger partial charge in [-0.25, -0.2) is 0 Å². The predicted octanol–water partition coefficient (Wildman–Crippen LogP) is 6.36. The van der Waals surface area contributed by atoms with E-state index in [1.165, 1.54) is 70.6 Å². The molecule has 0 N–H and O–H groups in total. The Balaban J connectivity index is 3.01. The van der Waals surface area contributed by atoms with Crippen LogP contribution in [0.15, 0.2) is 0 Å². The topological polar surface area (TPSA) is 26.3 Å². The average molecular weight is 349 g/mol. The summed E-state index contributed by atoms with van der Waals surface area (Å²) in [6, 6.07) is 0. The highest BCUT2D eigenvalue weighted by Crippen LogP contribution is 2.13. The van der Waals surface area contributed by atoms with Crippen molar-refractivity contribution < 1.29 is 9.53 Å². The summed E-state index contributed by atoms with van der Waals surface area (Å²) in [5.41, 5.74) is 0.324. The highest BCUT2D eigenvalue weighted by Gasteiger charge is 2.00. The third-order valence-corrected chi connectivity index (χ3v) is 3.93. The predicted molar refractivity (Wildman–Crippen MR) is 90.2 cm³/mol. The molecule has 0 aliphatic carbocycles. The molecule has 0 aliphatic rings. The fraction of sp³-hybridized carbons (Fsp3) is 0.941. The molecule has 0 saturated carbocycles. The zero-order chi connectivity index (χ0) is 14.9. The number of carbonyl (C=O) groups is 1. The van der Waals surface area contributed by atoms with Gasteiger partial charge in [-0.1, -0.05) is 84.0 Å². The van der Waals surface area contributed by atoms with Crippen LogP contribution in [-0.2, 0) is 9.53 Å². The van der Waals surface area contributed by atoms with Gasteiger partial charge < -0.3 is 4.74 Å². The molecule has 0 unspecified atom stereocenters. The van der Waals surface area contributed by atoms with Gasteiger partial charge in [0.05, 0.1) is 0 Å². The van der Waals surface area contributed by atoms with Crippen molar-refractivity contribution in [1.82, 2.24) is 0 Å². The SMILES string of the molecule is CCCCCCCCCCCCCCCC(=O)OCBr. The molecule has 20 heavy (non-hydrogen) atoms. The molecule has 3 heteroatoms. The van der Waals surface area contributed by atoms with Crippen LogP contribution in [0.5, 0.6) is 0 Å². The third kappa shape index (κ3) is 16.0. The number of rotatable bonds is 15. The molecule has 0 rings (SSSR count). The van der Waals surface area contributed by atoms with Crippen LogP contribution in [0.1, 0.15) is 96.8 Å². The molecule has 0 fully saturated rings. The second-order valence-corrected chi connectivity index (χ2v) is 6.08. The minimum Gasteiger partial charge on any atom is -0.454 e. The molecule has 0 aromatic carbocycles. The second kappa shape index (κ2) is 17.0. The number of hydrogen-bond donors (Lipinski definition) is 0. The highest BCUT2D eigenvalue weighted by atomic mass is 79.9. The minimum absolute atomic E-state index is 0.0788. The Bertz CT molecular complexity index is 207. The molecule has 0 aliphatic heterocycles. The number of esters is 1. The first-order chi connectivity index (χ1) is 9.81. The lowest BCUT2D eigenvalue weighted by Crippen LogP contribution is -2.01. The number of halogens is 1. The van der Waals surface area contributed by atoms with Gasteiger partial charge >= 0.3 is 5.97 Å². The first-order valence-electron chi connectivity index (χ1n) is 8.52. The van der Waals surface area contributed by atoms with Crippen LogP contribution in [0, 0.1) is 0 Å². The van der Waals surface area contributed by atoms with Crippen LogP contribution in [-0.4, -0.2) is 11.5 Å². The Labute approximate surface area is 134 Å². The highest BCUT2D eigenvalue weighted by molar-refractivity contribution is 9.09. The van der Waals surface area contributed by atoms with E-state index in [1.807, 2.05) is 0 Å². The summed E-state index contributed by atoms with van der Waals surface area (Å²) in [4.78, 5) is 11.1. The number of alkyl halides is 1. The summed E-state index contributed by atoms with van der Waals surface area (Å²) in [6.45, 7) is 2.27. The van der Waals surface area contributed by atoms with E-state index in [-0.39, 0.29) is 5.97 Å². The lowest BCUT2D eigenvalue weighted by molar-refractivity contribution is -0.141. The quantitative estimate of drug-likeness (QED) is 0.195. The Morgan fingerprint density at radius 3 is 1.55 bits per heavy atom. The van der Waals surface area contributed by atoms with Gasteiger partial charge in [-0.15, -0.1) is 0 Å². The largest absolute Gasteiger partial charge is 0.454 e.